The van der Waals surface area contributed by atoms with E-state index in [1.54, 1.807) is 0 Å². The molecule has 0 spiro atoms. The number of hydrogen-bond donors (Lipinski definition) is 1. The van der Waals surface area contributed by atoms with Gasteiger partial charge in [-0.2, -0.15) is 0 Å². The Hall–Kier alpha value is -1.39. The molecule has 1 aliphatic carbocycles. The summed E-state index contributed by atoms with van der Waals surface area (Å²) in [4.78, 5) is 12.6. The van der Waals surface area contributed by atoms with Crippen LogP contribution in [0, 0.1) is 5.92 Å². The predicted octanol–water partition coefficient (Wildman–Crippen LogP) is 4.26. The van der Waals surface area contributed by atoms with E-state index in [4.69, 9.17) is 9.47 Å². The van der Waals surface area contributed by atoms with E-state index in [0.717, 1.165) is 6.42 Å². The summed E-state index contributed by atoms with van der Waals surface area (Å²) in [6.45, 7) is 5.40. The summed E-state index contributed by atoms with van der Waals surface area (Å²) in [7, 11) is 0. The predicted molar refractivity (Wildman–Crippen MR) is 100 cm³/mol. The SMILES string of the molecule is CCOCCOC(C)C(=O)NC(CC1CCCCC1)c1ccccc1. The molecule has 1 amide bonds. The molecule has 4 nitrogen and oxygen atoms in total. The van der Waals surface area contributed by atoms with Crippen LogP contribution in [0.2, 0.25) is 0 Å². The van der Waals surface area contributed by atoms with Gasteiger partial charge >= 0.3 is 0 Å². The molecule has 0 radical (unpaired) electrons. The number of carbonyl (C=O) groups excluding carboxylic acids is 1. The second-order valence-electron chi connectivity index (χ2n) is 6.92. The lowest BCUT2D eigenvalue weighted by atomic mass is 9.83. The average Bonchev–Trinajstić information content (AvgIpc) is 2.66. The molecule has 1 aromatic rings. The highest BCUT2D eigenvalue weighted by Gasteiger charge is 2.23. The van der Waals surface area contributed by atoms with Crippen LogP contribution < -0.4 is 5.32 Å². The quantitative estimate of drug-likeness (QED) is 0.644. The van der Waals surface area contributed by atoms with E-state index in [1.807, 2.05) is 32.0 Å². The summed E-state index contributed by atoms with van der Waals surface area (Å²) in [5, 5.41) is 3.22. The molecule has 0 heterocycles. The van der Waals surface area contributed by atoms with Crippen LogP contribution >= 0.6 is 0 Å². The van der Waals surface area contributed by atoms with Gasteiger partial charge in [0, 0.05) is 6.61 Å². The summed E-state index contributed by atoms with van der Waals surface area (Å²) in [5.41, 5.74) is 1.18. The van der Waals surface area contributed by atoms with Gasteiger partial charge < -0.3 is 14.8 Å². The smallest absolute Gasteiger partial charge is 0.249 e. The molecule has 25 heavy (non-hydrogen) atoms. The maximum Gasteiger partial charge on any atom is 0.249 e. The van der Waals surface area contributed by atoms with E-state index in [2.05, 4.69) is 17.4 Å². The van der Waals surface area contributed by atoms with E-state index < -0.39 is 6.10 Å². The standard InChI is InChI=1S/C21H33NO3/c1-3-24-14-15-25-17(2)21(23)22-20(19-12-8-5-9-13-19)16-18-10-6-4-7-11-18/h5,8-9,12-13,17-18,20H,3-4,6-7,10-11,14-16H2,1-2H3,(H,22,23). The Kier molecular flexibility index (Phi) is 8.98. The first-order chi connectivity index (χ1) is 12.2. The highest BCUT2D eigenvalue weighted by Crippen LogP contribution is 2.32. The number of carbonyl (C=O) groups is 1. The van der Waals surface area contributed by atoms with Crippen LogP contribution in [0.25, 0.3) is 0 Å². The third-order valence-electron chi connectivity index (χ3n) is 4.98. The summed E-state index contributed by atoms with van der Waals surface area (Å²) in [6.07, 6.45) is 7.09. The lowest BCUT2D eigenvalue weighted by Crippen LogP contribution is -2.38. The van der Waals surface area contributed by atoms with Gasteiger partial charge in [-0.3, -0.25) is 4.79 Å². The maximum atomic E-state index is 12.6. The van der Waals surface area contributed by atoms with Gasteiger partial charge in [0.15, 0.2) is 0 Å². The largest absolute Gasteiger partial charge is 0.379 e. The van der Waals surface area contributed by atoms with Crippen LogP contribution in [0.15, 0.2) is 30.3 Å². The van der Waals surface area contributed by atoms with Gasteiger partial charge in [0.2, 0.25) is 5.91 Å². The van der Waals surface area contributed by atoms with Gasteiger partial charge in [-0.25, -0.2) is 0 Å². The zero-order valence-corrected chi connectivity index (χ0v) is 15.7. The van der Waals surface area contributed by atoms with Gasteiger partial charge in [-0.05, 0) is 31.7 Å². The van der Waals surface area contributed by atoms with E-state index in [1.165, 1.54) is 37.7 Å². The summed E-state index contributed by atoms with van der Waals surface area (Å²) in [5.74, 6) is 0.662. The van der Waals surface area contributed by atoms with E-state index >= 15 is 0 Å². The van der Waals surface area contributed by atoms with Crippen LogP contribution in [0.3, 0.4) is 0 Å². The van der Waals surface area contributed by atoms with Crippen molar-refractivity contribution in [2.24, 2.45) is 5.92 Å². The molecule has 1 aliphatic rings. The molecule has 1 aromatic carbocycles. The number of benzene rings is 1. The van der Waals surface area contributed by atoms with Crippen LogP contribution in [-0.2, 0) is 14.3 Å². The van der Waals surface area contributed by atoms with Crippen molar-refractivity contribution < 1.29 is 14.3 Å². The third kappa shape index (κ3) is 7.17. The lowest BCUT2D eigenvalue weighted by molar-refractivity contribution is -0.133. The molecule has 2 atom stereocenters. The molecule has 1 saturated carbocycles. The van der Waals surface area contributed by atoms with Gasteiger partial charge in [0.05, 0.1) is 19.3 Å². The minimum Gasteiger partial charge on any atom is -0.379 e. The Morgan fingerprint density at radius 3 is 2.56 bits per heavy atom. The lowest BCUT2D eigenvalue weighted by Gasteiger charge is -2.28. The highest BCUT2D eigenvalue weighted by atomic mass is 16.5. The molecule has 140 valence electrons. The van der Waals surface area contributed by atoms with Crippen LogP contribution in [-0.4, -0.2) is 31.8 Å². The molecule has 0 saturated heterocycles. The van der Waals surface area contributed by atoms with Crippen LogP contribution in [0.4, 0.5) is 0 Å². The van der Waals surface area contributed by atoms with Gasteiger partial charge in [0.25, 0.3) is 0 Å². The van der Waals surface area contributed by atoms with Crippen LogP contribution in [0.1, 0.15) is 64.0 Å². The van der Waals surface area contributed by atoms with Crippen molar-refractivity contribution in [2.75, 3.05) is 19.8 Å². The van der Waals surface area contributed by atoms with E-state index in [9.17, 15) is 4.79 Å². The zero-order chi connectivity index (χ0) is 17.9. The van der Waals surface area contributed by atoms with Gasteiger partial charge in [0.1, 0.15) is 6.10 Å². The number of rotatable bonds is 10. The Bertz CT molecular complexity index is 485. The Labute approximate surface area is 152 Å². The van der Waals surface area contributed by atoms with Gasteiger partial charge in [-0.1, -0.05) is 62.4 Å². The van der Waals surface area contributed by atoms with E-state index in [0.29, 0.717) is 25.7 Å². The number of nitrogens with one attached hydrogen (secondary N) is 1. The molecule has 4 heteroatoms. The molecule has 0 bridgehead atoms. The first kappa shape index (κ1) is 19.9. The molecule has 2 unspecified atom stereocenters. The van der Waals surface area contributed by atoms with Crippen molar-refractivity contribution in [3.63, 3.8) is 0 Å². The number of amides is 1. The third-order valence-corrected chi connectivity index (χ3v) is 4.98. The minimum absolute atomic E-state index is 0.0406. The summed E-state index contributed by atoms with van der Waals surface area (Å²) >= 11 is 0. The normalized spacial score (nSPS) is 17.8. The monoisotopic (exact) mass is 347 g/mol. The maximum absolute atomic E-state index is 12.6. The van der Waals surface area contributed by atoms with Gasteiger partial charge in [-0.15, -0.1) is 0 Å². The zero-order valence-electron chi connectivity index (χ0n) is 15.7. The van der Waals surface area contributed by atoms with Crippen molar-refractivity contribution in [2.45, 2.75) is 64.5 Å². The average molecular weight is 347 g/mol. The Morgan fingerprint density at radius 2 is 1.88 bits per heavy atom. The second-order valence-corrected chi connectivity index (χ2v) is 6.92. The van der Waals surface area contributed by atoms with Crippen molar-refractivity contribution in [1.29, 1.82) is 0 Å². The molecule has 1 fully saturated rings. The summed E-state index contributed by atoms with van der Waals surface area (Å²) in [6, 6.07) is 10.4. The molecule has 1 N–H and O–H groups in total. The molecular formula is C21H33NO3. The van der Waals surface area contributed by atoms with Crippen molar-refractivity contribution in [3.8, 4) is 0 Å². The van der Waals surface area contributed by atoms with E-state index in [-0.39, 0.29) is 11.9 Å². The van der Waals surface area contributed by atoms with Crippen molar-refractivity contribution in [3.05, 3.63) is 35.9 Å². The first-order valence-corrected chi connectivity index (χ1v) is 9.75. The summed E-state index contributed by atoms with van der Waals surface area (Å²) < 4.78 is 10.9. The Balaban J connectivity index is 1.91. The van der Waals surface area contributed by atoms with Crippen LogP contribution in [0.5, 0.6) is 0 Å². The second kappa shape index (κ2) is 11.3. The first-order valence-electron chi connectivity index (χ1n) is 9.75. The fourth-order valence-electron chi connectivity index (χ4n) is 3.51. The molecule has 0 aliphatic heterocycles. The molecule has 0 aromatic heterocycles. The van der Waals surface area contributed by atoms with Crippen molar-refractivity contribution in [1.82, 2.24) is 5.32 Å². The minimum atomic E-state index is -0.460. The molecule has 2 rings (SSSR count). The molecular weight excluding hydrogens is 314 g/mol. The fraction of sp³-hybridized carbons (Fsp3) is 0.667. The van der Waals surface area contributed by atoms with Crippen molar-refractivity contribution >= 4 is 5.91 Å². The highest BCUT2D eigenvalue weighted by molar-refractivity contribution is 5.80. The Morgan fingerprint density at radius 1 is 1.16 bits per heavy atom. The topological polar surface area (TPSA) is 47.6 Å². The fourth-order valence-corrected chi connectivity index (χ4v) is 3.51. The number of ether oxygens (including phenoxy) is 2. The number of hydrogen-bond acceptors (Lipinski definition) is 3.